The molecule has 1 aromatic carbocycles. The van der Waals surface area contributed by atoms with Crippen LogP contribution in [0.2, 0.25) is 0 Å². The fraction of sp³-hybridized carbons (Fsp3) is 0.333. The zero-order valence-corrected chi connectivity index (χ0v) is 15.8. The van der Waals surface area contributed by atoms with Crippen LogP contribution >= 0.6 is 0 Å². The van der Waals surface area contributed by atoms with E-state index in [-0.39, 0.29) is 23.8 Å². The Balaban J connectivity index is 1.47. The third-order valence-electron chi connectivity index (χ3n) is 4.82. The highest BCUT2D eigenvalue weighted by Gasteiger charge is 2.27. The number of likely N-dealkylation sites (tertiary alicyclic amines) is 1. The maximum atomic E-state index is 12.6. The SMILES string of the molecule is CC(NC(=O)c1ccccc1)C(=O)N1CCC(NC(=O)c2cccnc2)CC1. The summed E-state index contributed by atoms with van der Waals surface area (Å²) in [6.45, 7) is 2.78. The van der Waals surface area contributed by atoms with Crippen LogP contribution in [0.5, 0.6) is 0 Å². The van der Waals surface area contributed by atoms with E-state index in [1.807, 2.05) is 6.07 Å². The van der Waals surface area contributed by atoms with E-state index >= 15 is 0 Å². The number of carbonyl (C=O) groups excluding carboxylic acids is 3. The Kier molecular flexibility index (Phi) is 6.37. The number of rotatable bonds is 5. The standard InChI is InChI=1S/C21H24N4O3/c1-15(23-19(26)16-6-3-2-4-7-16)21(28)25-12-9-18(10-13-25)24-20(27)17-8-5-11-22-14-17/h2-8,11,14-15,18H,9-10,12-13H2,1H3,(H,23,26)(H,24,27). The summed E-state index contributed by atoms with van der Waals surface area (Å²) in [5.41, 5.74) is 1.05. The van der Waals surface area contributed by atoms with Gasteiger partial charge in [-0.05, 0) is 44.0 Å². The van der Waals surface area contributed by atoms with Crippen LogP contribution in [0.25, 0.3) is 0 Å². The lowest BCUT2D eigenvalue weighted by Gasteiger charge is -2.34. The molecule has 3 rings (SSSR count). The van der Waals surface area contributed by atoms with E-state index in [4.69, 9.17) is 0 Å². The van der Waals surface area contributed by atoms with Gasteiger partial charge in [-0.2, -0.15) is 0 Å². The largest absolute Gasteiger partial charge is 0.349 e. The molecule has 0 radical (unpaired) electrons. The minimum Gasteiger partial charge on any atom is -0.349 e. The van der Waals surface area contributed by atoms with Crippen molar-refractivity contribution in [3.05, 3.63) is 66.0 Å². The van der Waals surface area contributed by atoms with Gasteiger partial charge < -0.3 is 15.5 Å². The van der Waals surface area contributed by atoms with Crippen LogP contribution in [-0.2, 0) is 4.79 Å². The van der Waals surface area contributed by atoms with Crippen LogP contribution in [0.1, 0.15) is 40.5 Å². The topological polar surface area (TPSA) is 91.4 Å². The molecular weight excluding hydrogens is 356 g/mol. The molecule has 28 heavy (non-hydrogen) atoms. The van der Waals surface area contributed by atoms with Gasteiger partial charge in [0.2, 0.25) is 5.91 Å². The zero-order valence-electron chi connectivity index (χ0n) is 15.8. The molecule has 1 atom stereocenters. The second kappa shape index (κ2) is 9.12. The van der Waals surface area contributed by atoms with Gasteiger partial charge in [0.25, 0.3) is 11.8 Å². The van der Waals surface area contributed by atoms with E-state index in [1.165, 1.54) is 6.20 Å². The van der Waals surface area contributed by atoms with Gasteiger partial charge in [0.05, 0.1) is 5.56 Å². The fourth-order valence-electron chi connectivity index (χ4n) is 3.22. The summed E-state index contributed by atoms with van der Waals surface area (Å²) in [7, 11) is 0. The second-order valence-corrected chi connectivity index (χ2v) is 6.88. The number of amides is 3. The van der Waals surface area contributed by atoms with Crippen LogP contribution in [0.15, 0.2) is 54.9 Å². The smallest absolute Gasteiger partial charge is 0.253 e. The molecule has 2 heterocycles. The van der Waals surface area contributed by atoms with Gasteiger partial charge in [0.15, 0.2) is 0 Å². The first-order valence-corrected chi connectivity index (χ1v) is 9.40. The number of hydrogen-bond acceptors (Lipinski definition) is 4. The van der Waals surface area contributed by atoms with Crippen LogP contribution in [0.4, 0.5) is 0 Å². The molecule has 1 saturated heterocycles. The van der Waals surface area contributed by atoms with Gasteiger partial charge in [-0.1, -0.05) is 18.2 Å². The van der Waals surface area contributed by atoms with Crippen LogP contribution in [-0.4, -0.2) is 52.8 Å². The Morgan fingerprint density at radius 3 is 2.32 bits per heavy atom. The Bertz CT molecular complexity index is 818. The van der Waals surface area contributed by atoms with Gasteiger partial charge in [-0.15, -0.1) is 0 Å². The van der Waals surface area contributed by atoms with E-state index < -0.39 is 6.04 Å². The molecule has 2 N–H and O–H groups in total. The summed E-state index contributed by atoms with van der Waals surface area (Å²) in [5.74, 6) is -0.525. The molecule has 7 heteroatoms. The summed E-state index contributed by atoms with van der Waals surface area (Å²) >= 11 is 0. The lowest BCUT2D eigenvalue weighted by Crippen LogP contribution is -2.52. The van der Waals surface area contributed by atoms with Gasteiger partial charge in [0, 0.05) is 37.1 Å². The molecule has 1 aliphatic rings. The molecule has 0 bridgehead atoms. The van der Waals surface area contributed by atoms with Crippen molar-refractivity contribution in [3.63, 3.8) is 0 Å². The Labute approximate surface area is 164 Å². The molecule has 3 amide bonds. The number of nitrogens with zero attached hydrogens (tertiary/aromatic N) is 2. The predicted octanol–water partition coefficient (Wildman–Crippen LogP) is 1.62. The summed E-state index contributed by atoms with van der Waals surface area (Å²) in [4.78, 5) is 42.7. The normalized spacial score (nSPS) is 15.5. The molecule has 7 nitrogen and oxygen atoms in total. The van der Waals surface area contributed by atoms with E-state index in [2.05, 4.69) is 15.6 Å². The van der Waals surface area contributed by atoms with E-state index in [1.54, 1.807) is 54.4 Å². The maximum absolute atomic E-state index is 12.6. The third-order valence-corrected chi connectivity index (χ3v) is 4.82. The van der Waals surface area contributed by atoms with Crippen molar-refractivity contribution in [2.75, 3.05) is 13.1 Å². The van der Waals surface area contributed by atoms with Crippen LogP contribution < -0.4 is 10.6 Å². The predicted molar refractivity (Wildman–Crippen MR) is 105 cm³/mol. The lowest BCUT2D eigenvalue weighted by molar-refractivity contribution is -0.133. The summed E-state index contributed by atoms with van der Waals surface area (Å²) in [6, 6.07) is 11.7. The number of benzene rings is 1. The first-order valence-electron chi connectivity index (χ1n) is 9.40. The zero-order chi connectivity index (χ0) is 19.9. The summed E-state index contributed by atoms with van der Waals surface area (Å²) < 4.78 is 0. The monoisotopic (exact) mass is 380 g/mol. The number of nitrogens with one attached hydrogen (secondary N) is 2. The molecule has 0 aliphatic carbocycles. The van der Waals surface area contributed by atoms with Crippen molar-refractivity contribution in [1.82, 2.24) is 20.5 Å². The molecule has 1 fully saturated rings. The quantitative estimate of drug-likeness (QED) is 0.825. The Morgan fingerprint density at radius 2 is 1.68 bits per heavy atom. The average Bonchev–Trinajstić information content (AvgIpc) is 2.75. The third kappa shape index (κ3) is 4.94. The number of hydrogen-bond donors (Lipinski definition) is 2. The molecule has 1 unspecified atom stereocenters. The summed E-state index contributed by atoms with van der Waals surface area (Å²) in [5, 5.41) is 5.74. The average molecular weight is 380 g/mol. The van der Waals surface area contributed by atoms with Crippen molar-refractivity contribution >= 4 is 17.7 Å². The molecule has 146 valence electrons. The highest BCUT2D eigenvalue weighted by molar-refractivity contribution is 5.97. The fourth-order valence-corrected chi connectivity index (χ4v) is 3.22. The van der Waals surface area contributed by atoms with Crippen molar-refractivity contribution in [1.29, 1.82) is 0 Å². The van der Waals surface area contributed by atoms with Crippen molar-refractivity contribution in [3.8, 4) is 0 Å². The van der Waals surface area contributed by atoms with Gasteiger partial charge in [-0.3, -0.25) is 19.4 Å². The number of pyridine rings is 1. The lowest BCUT2D eigenvalue weighted by atomic mass is 10.0. The highest BCUT2D eigenvalue weighted by Crippen LogP contribution is 2.13. The number of carbonyl (C=O) groups is 3. The number of piperidine rings is 1. The first-order chi connectivity index (χ1) is 13.5. The molecule has 1 aromatic heterocycles. The maximum Gasteiger partial charge on any atom is 0.253 e. The molecule has 0 spiro atoms. The highest BCUT2D eigenvalue weighted by atomic mass is 16.2. The van der Waals surface area contributed by atoms with Crippen molar-refractivity contribution < 1.29 is 14.4 Å². The second-order valence-electron chi connectivity index (χ2n) is 6.88. The van der Waals surface area contributed by atoms with Gasteiger partial charge in [-0.25, -0.2) is 0 Å². The molecular formula is C21H24N4O3. The molecule has 1 aliphatic heterocycles. The van der Waals surface area contributed by atoms with Crippen molar-refractivity contribution in [2.45, 2.75) is 31.8 Å². The minimum absolute atomic E-state index is 0.0194. The molecule has 2 aromatic rings. The Morgan fingerprint density at radius 1 is 1.00 bits per heavy atom. The molecule has 0 saturated carbocycles. The van der Waals surface area contributed by atoms with E-state index in [0.29, 0.717) is 37.1 Å². The van der Waals surface area contributed by atoms with Crippen LogP contribution in [0, 0.1) is 0 Å². The first kappa shape index (κ1) is 19.5. The van der Waals surface area contributed by atoms with E-state index in [0.717, 1.165) is 0 Å². The minimum atomic E-state index is -0.603. The van der Waals surface area contributed by atoms with Crippen molar-refractivity contribution in [2.24, 2.45) is 0 Å². The van der Waals surface area contributed by atoms with Crippen LogP contribution in [0.3, 0.4) is 0 Å². The van der Waals surface area contributed by atoms with Gasteiger partial charge >= 0.3 is 0 Å². The summed E-state index contributed by atoms with van der Waals surface area (Å²) in [6.07, 6.45) is 4.51. The number of aromatic nitrogens is 1. The van der Waals surface area contributed by atoms with E-state index in [9.17, 15) is 14.4 Å². The Hall–Kier alpha value is -3.22. The van der Waals surface area contributed by atoms with Gasteiger partial charge in [0.1, 0.15) is 6.04 Å².